The lowest BCUT2D eigenvalue weighted by atomic mass is 9.77. The second-order valence-electron chi connectivity index (χ2n) is 6.29. The van der Waals surface area contributed by atoms with Gasteiger partial charge in [-0.25, -0.2) is 0 Å². The minimum absolute atomic E-state index is 0.0848. The number of hydrogen-bond donors (Lipinski definition) is 1. The second kappa shape index (κ2) is 6.20. The molecule has 2 aromatic rings. The number of rotatable bonds is 2. The van der Waals surface area contributed by atoms with E-state index in [1.165, 1.54) is 0 Å². The molecule has 25 heavy (non-hydrogen) atoms. The van der Waals surface area contributed by atoms with Crippen LogP contribution < -0.4 is 5.32 Å². The van der Waals surface area contributed by atoms with E-state index in [2.05, 4.69) is 17.5 Å². The van der Waals surface area contributed by atoms with Gasteiger partial charge in [0.1, 0.15) is 5.02 Å². The van der Waals surface area contributed by atoms with Crippen molar-refractivity contribution in [3.63, 3.8) is 0 Å². The maximum absolute atomic E-state index is 11.2. The van der Waals surface area contributed by atoms with E-state index in [0.717, 1.165) is 23.2 Å². The summed E-state index contributed by atoms with van der Waals surface area (Å²) in [6.07, 6.45) is 5.16. The summed E-state index contributed by atoms with van der Waals surface area (Å²) < 4.78 is 0. The molecule has 4 rings (SSSR count). The van der Waals surface area contributed by atoms with Crippen LogP contribution in [-0.4, -0.2) is 4.92 Å². The van der Waals surface area contributed by atoms with E-state index < -0.39 is 4.92 Å². The monoisotopic (exact) mass is 394 g/mol. The standard InChI is InChI=1S/C18H13Cl3N2O2/c19-10-7-14(21)17-11-2-1-3-12(11)18(22-15(17)8-10)9-4-5-13(20)16(6-9)23(24)25/h1-2,4-8,11-12,18,22H,3H2/t11-,12-,18+/m1/s1. The Balaban J connectivity index is 1.82. The van der Waals surface area contributed by atoms with Gasteiger partial charge in [0.15, 0.2) is 0 Å². The Hall–Kier alpha value is -1.75. The summed E-state index contributed by atoms with van der Waals surface area (Å²) >= 11 is 18.5. The number of nitro benzene ring substituents is 1. The Morgan fingerprint density at radius 3 is 2.68 bits per heavy atom. The smallest absolute Gasteiger partial charge is 0.288 e. The Kier molecular flexibility index (Phi) is 4.14. The second-order valence-corrected chi connectivity index (χ2v) is 7.54. The van der Waals surface area contributed by atoms with Gasteiger partial charge in [-0.1, -0.05) is 53.0 Å². The van der Waals surface area contributed by atoms with Gasteiger partial charge in [-0.05, 0) is 36.1 Å². The third-order valence-corrected chi connectivity index (χ3v) is 5.76. The number of nitrogens with one attached hydrogen (secondary N) is 1. The Labute approximate surface area is 159 Å². The molecule has 0 radical (unpaired) electrons. The summed E-state index contributed by atoms with van der Waals surface area (Å²) in [6, 6.07) is 8.47. The summed E-state index contributed by atoms with van der Waals surface area (Å²) in [7, 11) is 0. The molecule has 0 bridgehead atoms. The molecular weight excluding hydrogens is 383 g/mol. The fourth-order valence-corrected chi connectivity index (χ4v) is 4.64. The van der Waals surface area contributed by atoms with Crippen molar-refractivity contribution in [3.05, 3.63) is 78.8 Å². The molecular formula is C18H13Cl3N2O2. The molecule has 4 nitrogen and oxygen atoms in total. The number of hydrogen-bond acceptors (Lipinski definition) is 3. The molecule has 2 aliphatic rings. The van der Waals surface area contributed by atoms with Gasteiger partial charge in [0.05, 0.1) is 11.0 Å². The first kappa shape index (κ1) is 16.7. The summed E-state index contributed by atoms with van der Waals surface area (Å²) in [5.74, 6) is 0.382. The van der Waals surface area contributed by atoms with Crippen LogP contribution in [0, 0.1) is 16.0 Å². The predicted octanol–water partition coefficient (Wildman–Crippen LogP) is 6.38. The van der Waals surface area contributed by atoms with E-state index in [4.69, 9.17) is 34.8 Å². The Morgan fingerprint density at radius 1 is 1.12 bits per heavy atom. The van der Waals surface area contributed by atoms with Crippen molar-refractivity contribution < 1.29 is 4.92 Å². The number of allylic oxidation sites excluding steroid dienone is 2. The minimum Gasteiger partial charge on any atom is -0.378 e. The van der Waals surface area contributed by atoms with Crippen molar-refractivity contribution in [2.45, 2.75) is 18.4 Å². The van der Waals surface area contributed by atoms with Gasteiger partial charge in [-0.15, -0.1) is 0 Å². The molecule has 0 saturated heterocycles. The van der Waals surface area contributed by atoms with E-state index in [1.807, 2.05) is 12.1 Å². The maximum atomic E-state index is 11.2. The number of anilines is 1. The van der Waals surface area contributed by atoms with Gasteiger partial charge in [0.2, 0.25) is 0 Å². The van der Waals surface area contributed by atoms with Crippen LogP contribution in [0.4, 0.5) is 11.4 Å². The van der Waals surface area contributed by atoms with Gasteiger partial charge in [0, 0.05) is 33.3 Å². The SMILES string of the molecule is O=[N+]([O-])c1cc([C@@H]2Nc3cc(Cl)cc(Cl)c3[C@@H]3C=CC[C@H]32)ccc1Cl. The van der Waals surface area contributed by atoms with Crippen molar-refractivity contribution in [2.24, 2.45) is 5.92 Å². The Bertz CT molecular complexity index is 913. The summed E-state index contributed by atoms with van der Waals surface area (Å²) in [5, 5.41) is 16.0. The number of nitrogens with zero attached hydrogens (tertiary/aromatic N) is 1. The molecule has 0 fully saturated rings. The van der Waals surface area contributed by atoms with Gasteiger partial charge < -0.3 is 5.32 Å². The molecule has 0 unspecified atom stereocenters. The largest absolute Gasteiger partial charge is 0.378 e. The molecule has 1 N–H and O–H groups in total. The molecule has 0 spiro atoms. The van der Waals surface area contributed by atoms with Crippen LogP contribution in [0.25, 0.3) is 0 Å². The number of nitro groups is 1. The molecule has 7 heteroatoms. The van der Waals surface area contributed by atoms with E-state index in [0.29, 0.717) is 10.0 Å². The molecule has 0 saturated carbocycles. The van der Waals surface area contributed by atoms with Crippen molar-refractivity contribution in [1.29, 1.82) is 0 Å². The number of benzene rings is 2. The average molecular weight is 396 g/mol. The zero-order chi connectivity index (χ0) is 17.7. The van der Waals surface area contributed by atoms with Crippen LogP contribution in [0.5, 0.6) is 0 Å². The highest BCUT2D eigenvalue weighted by Crippen LogP contribution is 2.52. The lowest BCUT2D eigenvalue weighted by molar-refractivity contribution is -0.384. The summed E-state index contributed by atoms with van der Waals surface area (Å²) in [4.78, 5) is 10.8. The lowest BCUT2D eigenvalue weighted by Crippen LogP contribution is -2.29. The van der Waals surface area contributed by atoms with Gasteiger partial charge >= 0.3 is 0 Å². The first-order valence-corrected chi connectivity index (χ1v) is 8.95. The van der Waals surface area contributed by atoms with Crippen LogP contribution in [0.3, 0.4) is 0 Å². The highest BCUT2D eigenvalue weighted by molar-refractivity contribution is 6.35. The van der Waals surface area contributed by atoms with Crippen LogP contribution in [0.15, 0.2) is 42.5 Å². The molecule has 1 aliphatic carbocycles. The van der Waals surface area contributed by atoms with E-state index >= 15 is 0 Å². The van der Waals surface area contributed by atoms with E-state index in [9.17, 15) is 10.1 Å². The van der Waals surface area contributed by atoms with E-state index in [-0.39, 0.29) is 28.6 Å². The molecule has 2 aromatic carbocycles. The van der Waals surface area contributed by atoms with Crippen LogP contribution in [-0.2, 0) is 0 Å². The molecule has 0 amide bonds. The summed E-state index contributed by atoms with van der Waals surface area (Å²) in [5.41, 5.74) is 2.65. The van der Waals surface area contributed by atoms with Crippen molar-refractivity contribution >= 4 is 46.2 Å². The fraction of sp³-hybridized carbons (Fsp3) is 0.222. The molecule has 1 heterocycles. The van der Waals surface area contributed by atoms with Crippen LogP contribution in [0.2, 0.25) is 15.1 Å². The first-order chi connectivity index (χ1) is 12.0. The van der Waals surface area contributed by atoms with Crippen molar-refractivity contribution in [1.82, 2.24) is 0 Å². The third kappa shape index (κ3) is 2.78. The van der Waals surface area contributed by atoms with Gasteiger partial charge in [0.25, 0.3) is 5.69 Å². The van der Waals surface area contributed by atoms with Crippen LogP contribution in [0.1, 0.15) is 29.5 Å². The number of fused-ring (bicyclic) bond motifs is 3. The van der Waals surface area contributed by atoms with Crippen molar-refractivity contribution in [3.8, 4) is 0 Å². The van der Waals surface area contributed by atoms with Gasteiger partial charge in [-0.2, -0.15) is 0 Å². The molecule has 0 aromatic heterocycles. The first-order valence-electron chi connectivity index (χ1n) is 7.81. The average Bonchev–Trinajstić information content (AvgIpc) is 3.03. The maximum Gasteiger partial charge on any atom is 0.288 e. The predicted molar refractivity (Wildman–Crippen MR) is 101 cm³/mol. The Morgan fingerprint density at radius 2 is 1.92 bits per heavy atom. The number of halogens is 3. The zero-order valence-electron chi connectivity index (χ0n) is 12.9. The topological polar surface area (TPSA) is 55.2 Å². The van der Waals surface area contributed by atoms with Crippen LogP contribution >= 0.6 is 34.8 Å². The van der Waals surface area contributed by atoms with E-state index in [1.54, 1.807) is 18.2 Å². The zero-order valence-corrected chi connectivity index (χ0v) is 15.1. The third-order valence-electron chi connectivity index (χ3n) is 4.91. The van der Waals surface area contributed by atoms with Crippen molar-refractivity contribution in [2.75, 3.05) is 5.32 Å². The molecule has 3 atom stereocenters. The highest BCUT2D eigenvalue weighted by atomic mass is 35.5. The normalized spacial score (nSPS) is 23.7. The summed E-state index contributed by atoms with van der Waals surface area (Å²) in [6.45, 7) is 0. The molecule has 1 aliphatic heterocycles. The minimum atomic E-state index is -0.458. The quantitative estimate of drug-likeness (QED) is 0.364. The van der Waals surface area contributed by atoms with Gasteiger partial charge in [-0.3, -0.25) is 10.1 Å². The highest BCUT2D eigenvalue weighted by Gasteiger charge is 2.39. The fourth-order valence-electron chi connectivity index (χ4n) is 3.84. The lowest BCUT2D eigenvalue weighted by Gasteiger charge is -2.38. The molecule has 128 valence electrons.